The normalized spacial score (nSPS) is 28.6. The van der Waals surface area contributed by atoms with E-state index in [1.165, 1.54) is 44.1 Å². The van der Waals surface area contributed by atoms with Gasteiger partial charge in [0.1, 0.15) is 0 Å². The first-order valence-electron chi connectivity index (χ1n) is 11.6. The molecular weight excluding hydrogens is 382 g/mol. The van der Waals surface area contributed by atoms with E-state index < -0.39 is 0 Å². The fraction of sp³-hybridized carbons (Fsp3) is 0.407. The third-order valence-corrected chi connectivity index (χ3v) is 7.76. The standard InChI is InChI=1S/C27H29N3O/c31-26(29-27-15-20-12-21(16-27)14-22(13-20)17-27)25-5-2-1-4-24(25)23-8-6-19(7-9-23)18-30-11-3-10-28-30/h1-11,20-22H,12-18H2,(H,29,31). The van der Waals surface area contributed by atoms with E-state index >= 15 is 0 Å². The van der Waals surface area contributed by atoms with Gasteiger partial charge in [-0.25, -0.2) is 0 Å². The second-order valence-corrected chi connectivity index (χ2v) is 10.1. The topological polar surface area (TPSA) is 46.9 Å². The molecule has 31 heavy (non-hydrogen) atoms. The van der Waals surface area contributed by atoms with Crippen LogP contribution in [0.1, 0.15) is 54.4 Å². The van der Waals surface area contributed by atoms with Crippen molar-refractivity contribution < 1.29 is 4.79 Å². The largest absolute Gasteiger partial charge is 0.347 e. The molecule has 1 aromatic heterocycles. The minimum absolute atomic E-state index is 0.0343. The molecular formula is C27H29N3O. The average molecular weight is 412 g/mol. The van der Waals surface area contributed by atoms with Crippen LogP contribution in [0.25, 0.3) is 11.1 Å². The summed E-state index contributed by atoms with van der Waals surface area (Å²) >= 11 is 0. The summed E-state index contributed by atoms with van der Waals surface area (Å²) in [5, 5.41) is 7.82. The number of hydrogen-bond donors (Lipinski definition) is 1. The minimum atomic E-state index is 0.0343. The lowest BCUT2D eigenvalue weighted by Gasteiger charge is -2.56. The lowest BCUT2D eigenvalue weighted by Crippen LogP contribution is -2.59. The maximum Gasteiger partial charge on any atom is 0.252 e. The van der Waals surface area contributed by atoms with E-state index in [1.807, 2.05) is 35.1 Å². The maximum atomic E-state index is 13.5. The van der Waals surface area contributed by atoms with Crippen LogP contribution < -0.4 is 5.32 Å². The first-order valence-corrected chi connectivity index (χ1v) is 11.6. The van der Waals surface area contributed by atoms with Crippen LogP contribution in [-0.2, 0) is 6.54 Å². The predicted molar refractivity (Wildman–Crippen MR) is 122 cm³/mol. The van der Waals surface area contributed by atoms with E-state index in [1.54, 1.807) is 6.20 Å². The van der Waals surface area contributed by atoms with Crippen molar-refractivity contribution in [2.45, 2.75) is 50.6 Å². The molecule has 2 aromatic carbocycles. The lowest BCUT2D eigenvalue weighted by atomic mass is 9.53. The van der Waals surface area contributed by atoms with Gasteiger partial charge in [0.05, 0.1) is 6.54 Å². The second-order valence-electron chi connectivity index (χ2n) is 10.1. The summed E-state index contributed by atoms with van der Waals surface area (Å²) < 4.78 is 1.92. The summed E-state index contributed by atoms with van der Waals surface area (Å²) in [5.74, 6) is 2.57. The molecule has 3 aromatic rings. The Morgan fingerprint density at radius 1 is 0.935 bits per heavy atom. The molecule has 1 N–H and O–H groups in total. The van der Waals surface area contributed by atoms with Crippen molar-refractivity contribution >= 4 is 5.91 Å². The Balaban J connectivity index is 1.24. The zero-order valence-corrected chi connectivity index (χ0v) is 17.8. The Hall–Kier alpha value is -2.88. The average Bonchev–Trinajstić information content (AvgIpc) is 3.26. The molecule has 0 saturated heterocycles. The van der Waals surface area contributed by atoms with Gasteiger partial charge in [0.15, 0.2) is 0 Å². The fourth-order valence-electron chi connectivity index (χ4n) is 6.88. The van der Waals surface area contributed by atoms with Gasteiger partial charge in [-0.3, -0.25) is 9.48 Å². The minimum Gasteiger partial charge on any atom is -0.347 e. The van der Waals surface area contributed by atoms with E-state index in [0.29, 0.717) is 0 Å². The monoisotopic (exact) mass is 411 g/mol. The number of aromatic nitrogens is 2. The molecule has 4 nitrogen and oxygen atoms in total. The summed E-state index contributed by atoms with van der Waals surface area (Å²) in [6, 6.07) is 18.5. The molecule has 4 bridgehead atoms. The lowest BCUT2D eigenvalue weighted by molar-refractivity contribution is -0.0166. The number of nitrogens with one attached hydrogen (secondary N) is 1. The predicted octanol–water partition coefficient (Wildman–Crippen LogP) is 5.30. The number of benzene rings is 2. The van der Waals surface area contributed by atoms with Crippen LogP contribution in [0.15, 0.2) is 67.0 Å². The van der Waals surface area contributed by atoms with E-state index in [-0.39, 0.29) is 11.4 Å². The fourth-order valence-corrected chi connectivity index (χ4v) is 6.88. The molecule has 0 spiro atoms. The molecule has 4 aliphatic carbocycles. The quantitative estimate of drug-likeness (QED) is 0.619. The number of amides is 1. The van der Waals surface area contributed by atoms with E-state index in [9.17, 15) is 4.79 Å². The number of rotatable bonds is 5. The van der Waals surface area contributed by atoms with Gasteiger partial charge in [0.2, 0.25) is 0 Å². The van der Waals surface area contributed by atoms with Crippen molar-refractivity contribution in [3.8, 4) is 11.1 Å². The highest BCUT2D eigenvalue weighted by molar-refractivity contribution is 6.01. The Kier molecular flexibility index (Phi) is 4.48. The molecule has 0 aliphatic heterocycles. The first-order chi connectivity index (χ1) is 15.2. The maximum absolute atomic E-state index is 13.5. The van der Waals surface area contributed by atoms with Crippen LogP contribution in [0.5, 0.6) is 0 Å². The van der Waals surface area contributed by atoms with Crippen molar-refractivity contribution in [2.75, 3.05) is 0 Å². The Morgan fingerprint density at radius 3 is 2.26 bits per heavy atom. The van der Waals surface area contributed by atoms with Gasteiger partial charge in [-0.15, -0.1) is 0 Å². The summed E-state index contributed by atoms with van der Waals surface area (Å²) in [6.07, 6.45) is 11.5. The van der Waals surface area contributed by atoms with Crippen LogP contribution in [-0.4, -0.2) is 21.2 Å². The molecule has 1 amide bonds. The smallest absolute Gasteiger partial charge is 0.252 e. The summed E-state index contributed by atoms with van der Waals surface area (Å²) in [6.45, 7) is 0.751. The zero-order chi connectivity index (χ0) is 20.8. The van der Waals surface area contributed by atoms with Gasteiger partial charge < -0.3 is 5.32 Å². The molecule has 0 atom stereocenters. The van der Waals surface area contributed by atoms with Crippen molar-refractivity contribution in [3.05, 3.63) is 78.1 Å². The van der Waals surface area contributed by atoms with Gasteiger partial charge >= 0.3 is 0 Å². The molecule has 4 fully saturated rings. The Labute approximate surface area is 183 Å². The number of carbonyl (C=O) groups is 1. The zero-order valence-electron chi connectivity index (χ0n) is 17.8. The van der Waals surface area contributed by atoms with Crippen molar-refractivity contribution in [1.82, 2.24) is 15.1 Å². The summed E-state index contributed by atoms with van der Waals surface area (Å²) in [5.41, 5.74) is 4.11. The highest BCUT2D eigenvalue weighted by Crippen LogP contribution is 2.55. The number of carbonyl (C=O) groups excluding carboxylic acids is 1. The van der Waals surface area contributed by atoms with Gasteiger partial charge in [0.25, 0.3) is 5.91 Å². The molecule has 4 heteroatoms. The number of hydrogen-bond acceptors (Lipinski definition) is 2. The van der Waals surface area contributed by atoms with Crippen molar-refractivity contribution in [2.24, 2.45) is 17.8 Å². The van der Waals surface area contributed by atoms with Gasteiger partial charge in [-0.1, -0.05) is 42.5 Å². The van der Waals surface area contributed by atoms with Crippen molar-refractivity contribution in [1.29, 1.82) is 0 Å². The molecule has 4 aliphatic rings. The van der Waals surface area contributed by atoms with Gasteiger partial charge in [-0.2, -0.15) is 5.10 Å². The van der Waals surface area contributed by atoms with Crippen LogP contribution >= 0.6 is 0 Å². The van der Waals surface area contributed by atoms with Crippen LogP contribution in [0.4, 0.5) is 0 Å². The summed E-state index contributed by atoms with van der Waals surface area (Å²) in [7, 11) is 0. The molecule has 1 heterocycles. The third kappa shape index (κ3) is 3.58. The van der Waals surface area contributed by atoms with Crippen LogP contribution in [0, 0.1) is 17.8 Å². The SMILES string of the molecule is O=C(NC12CC3CC(CC(C3)C1)C2)c1ccccc1-c1ccc(Cn2cccn2)cc1. The third-order valence-electron chi connectivity index (χ3n) is 7.76. The Bertz CT molecular complexity index is 1050. The van der Waals surface area contributed by atoms with Gasteiger partial charge in [0, 0.05) is 23.5 Å². The molecule has 158 valence electrons. The van der Waals surface area contributed by atoms with Gasteiger partial charge in [-0.05, 0) is 85.1 Å². The number of nitrogens with zero attached hydrogens (tertiary/aromatic N) is 2. The first kappa shape index (κ1) is 18.9. The van der Waals surface area contributed by atoms with E-state index in [2.05, 4.69) is 40.7 Å². The van der Waals surface area contributed by atoms with E-state index in [0.717, 1.165) is 41.0 Å². The highest BCUT2D eigenvalue weighted by Gasteiger charge is 2.51. The molecule has 0 radical (unpaired) electrons. The van der Waals surface area contributed by atoms with Crippen molar-refractivity contribution in [3.63, 3.8) is 0 Å². The van der Waals surface area contributed by atoms with Crippen LogP contribution in [0.2, 0.25) is 0 Å². The van der Waals surface area contributed by atoms with Crippen LogP contribution in [0.3, 0.4) is 0 Å². The highest BCUT2D eigenvalue weighted by atomic mass is 16.1. The van der Waals surface area contributed by atoms with E-state index in [4.69, 9.17) is 0 Å². The molecule has 7 rings (SSSR count). The summed E-state index contributed by atoms with van der Waals surface area (Å²) in [4.78, 5) is 13.5. The second kappa shape index (κ2) is 7.37. The Morgan fingerprint density at radius 2 is 1.61 bits per heavy atom. The molecule has 0 unspecified atom stereocenters. The molecule has 4 saturated carbocycles.